The lowest BCUT2D eigenvalue weighted by Crippen LogP contribution is -2.56. The van der Waals surface area contributed by atoms with E-state index in [1.165, 1.54) is 0 Å². The molecular formula is C13H15N3OS. The summed E-state index contributed by atoms with van der Waals surface area (Å²) in [6.45, 7) is 1.98. The molecule has 18 heavy (non-hydrogen) atoms. The highest BCUT2D eigenvalue weighted by Gasteiger charge is 2.40. The van der Waals surface area contributed by atoms with Crippen LogP contribution in [0.2, 0.25) is 0 Å². The second kappa shape index (κ2) is 4.03. The highest BCUT2D eigenvalue weighted by molar-refractivity contribution is 7.18. The summed E-state index contributed by atoms with van der Waals surface area (Å²) >= 11 is 1.63. The molecule has 0 aliphatic heterocycles. The average Bonchev–Trinajstić information content (AvgIpc) is 2.65. The first-order chi connectivity index (χ1) is 8.57. The van der Waals surface area contributed by atoms with Crippen molar-refractivity contribution in [3.05, 3.63) is 23.2 Å². The molecule has 94 valence electrons. The average molecular weight is 261 g/mol. The predicted octanol–water partition coefficient (Wildman–Crippen LogP) is 2.42. The number of hydrogen-bond acceptors (Lipinski definition) is 4. The molecule has 0 atom stereocenters. The monoisotopic (exact) mass is 261 g/mol. The van der Waals surface area contributed by atoms with Crippen LogP contribution in [0, 0.1) is 6.92 Å². The lowest BCUT2D eigenvalue weighted by molar-refractivity contribution is -0.123. The molecule has 0 spiro atoms. The van der Waals surface area contributed by atoms with Gasteiger partial charge in [-0.25, -0.2) is 4.98 Å². The highest BCUT2D eigenvalue weighted by Crippen LogP contribution is 2.31. The van der Waals surface area contributed by atoms with Gasteiger partial charge in [0.1, 0.15) is 0 Å². The number of carbonyl (C=O) groups is 1. The van der Waals surface area contributed by atoms with Crippen LogP contribution in [-0.4, -0.2) is 16.4 Å². The molecule has 3 rings (SSSR count). The van der Waals surface area contributed by atoms with E-state index in [0.717, 1.165) is 40.2 Å². The maximum Gasteiger partial charge on any atom is 0.244 e. The van der Waals surface area contributed by atoms with Gasteiger partial charge in [0, 0.05) is 5.69 Å². The molecule has 1 aromatic heterocycles. The molecule has 0 unspecified atom stereocenters. The number of nitrogens with two attached hydrogens (primary N) is 1. The number of thiazole rings is 1. The van der Waals surface area contributed by atoms with Crippen LogP contribution in [0.5, 0.6) is 0 Å². The van der Waals surface area contributed by atoms with Gasteiger partial charge in [0.05, 0.1) is 20.8 Å². The molecule has 0 bridgehead atoms. The van der Waals surface area contributed by atoms with Crippen LogP contribution in [0.25, 0.3) is 10.2 Å². The van der Waals surface area contributed by atoms with E-state index in [4.69, 9.17) is 5.73 Å². The van der Waals surface area contributed by atoms with Gasteiger partial charge < -0.3 is 11.1 Å². The summed E-state index contributed by atoms with van der Waals surface area (Å²) in [5.41, 5.74) is 7.11. The minimum absolute atomic E-state index is 0.0747. The Labute approximate surface area is 109 Å². The summed E-state index contributed by atoms with van der Waals surface area (Å²) in [4.78, 5) is 16.4. The van der Waals surface area contributed by atoms with Gasteiger partial charge in [-0.2, -0.15) is 0 Å². The minimum atomic E-state index is -0.654. The number of amides is 1. The number of carbonyl (C=O) groups excluding carboxylic acids is 1. The summed E-state index contributed by atoms with van der Waals surface area (Å²) in [5, 5.41) is 3.93. The first kappa shape index (κ1) is 11.6. The SMILES string of the molecule is Cc1nc2ccc(NC(=O)C3(N)CCC3)cc2s1. The van der Waals surface area contributed by atoms with Crippen LogP contribution < -0.4 is 11.1 Å². The molecule has 1 aliphatic carbocycles. The van der Waals surface area contributed by atoms with Crippen molar-refractivity contribution in [2.75, 3.05) is 5.32 Å². The number of nitrogens with zero attached hydrogens (tertiary/aromatic N) is 1. The first-order valence-corrected chi connectivity index (χ1v) is 6.86. The predicted molar refractivity (Wildman–Crippen MR) is 73.8 cm³/mol. The van der Waals surface area contributed by atoms with E-state index in [1.807, 2.05) is 25.1 Å². The fraction of sp³-hybridized carbons (Fsp3) is 0.385. The largest absolute Gasteiger partial charge is 0.324 e. The van der Waals surface area contributed by atoms with Crippen molar-refractivity contribution >= 4 is 33.1 Å². The van der Waals surface area contributed by atoms with Crippen molar-refractivity contribution in [2.45, 2.75) is 31.7 Å². The van der Waals surface area contributed by atoms with E-state index < -0.39 is 5.54 Å². The van der Waals surface area contributed by atoms with E-state index in [2.05, 4.69) is 10.3 Å². The zero-order chi connectivity index (χ0) is 12.8. The number of fused-ring (bicyclic) bond motifs is 1. The second-order valence-corrected chi connectivity index (χ2v) is 6.11. The Balaban J connectivity index is 1.84. The molecule has 0 saturated heterocycles. The smallest absolute Gasteiger partial charge is 0.244 e. The molecule has 5 heteroatoms. The second-order valence-electron chi connectivity index (χ2n) is 4.88. The lowest BCUT2D eigenvalue weighted by Gasteiger charge is -2.36. The van der Waals surface area contributed by atoms with Gasteiger partial charge in [0.25, 0.3) is 0 Å². The maximum absolute atomic E-state index is 12.0. The Morgan fingerprint density at radius 3 is 2.94 bits per heavy atom. The third kappa shape index (κ3) is 1.89. The van der Waals surface area contributed by atoms with Gasteiger partial charge in [-0.1, -0.05) is 0 Å². The minimum Gasteiger partial charge on any atom is -0.324 e. The quantitative estimate of drug-likeness (QED) is 0.872. The molecule has 3 N–H and O–H groups in total. The highest BCUT2D eigenvalue weighted by atomic mass is 32.1. The van der Waals surface area contributed by atoms with Crippen LogP contribution in [0.4, 0.5) is 5.69 Å². The summed E-state index contributed by atoms with van der Waals surface area (Å²) < 4.78 is 1.09. The summed E-state index contributed by atoms with van der Waals surface area (Å²) in [6, 6.07) is 5.76. The van der Waals surface area contributed by atoms with Gasteiger partial charge in [0.15, 0.2) is 0 Å². The van der Waals surface area contributed by atoms with Crippen LogP contribution in [0.3, 0.4) is 0 Å². The first-order valence-electron chi connectivity index (χ1n) is 6.04. The number of hydrogen-bond donors (Lipinski definition) is 2. The number of nitrogens with one attached hydrogen (secondary N) is 1. The van der Waals surface area contributed by atoms with Gasteiger partial charge in [-0.3, -0.25) is 4.79 Å². The standard InChI is InChI=1S/C13H15N3OS/c1-8-15-10-4-3-9(7-11(10)18-8)16-12(17)13(14)5-2-6-13/h3-4,7H,2,5-6,14H2,1H3,(H,16,17). The molecule has 1 heterocycles. The number of rotatable bonds is 2. The number of benzene rings is 1. The number of anilines is 1. The fourth-order valence-corrected chi connectivity index (χ4v) is 3.02. The Morgan fingerprint density at radius 1 is 1.50 bits per heavy atom. The molecule has 4 nitrogen and oxygen atoms in total. The maximum atomic E-state index is 12.0. The van der Waals surface area contributed by atoms with Crippen molar-refractivity contribution < 1.29 is 4.79 Å². The summed E-state index contributed by atoms with van der Waals surface area (Å²) in [5.74, 6) is -0.0747. The van der Waals surface area contributed by atoms with Gasteiger partial charge >= 0.3 is 0 Å². The topological polar surface area (TPSA) is 68.0 Å². The van der Waals surface area contributed by atoms with Crippen LogP contribution in [0.15, 0.2) is 18.2 Å². The fourth-order valence-electron chi connectivity index (χ4n) is 2.16. The lowest BCUT2D eigenvalue weighted by atomic mass is 9.77. The molecule has 1 amide bonds. The summed E-state index contributed by atoms with van der Waals surface area (Å²) in [6.07, 6.45) is 2.60. The van der Waals surface area contributed by atoms with Gasteiger partial charge in [-0.15, -0.1) is 11.3 Å². The third-order valence-corrected chi connectivity index (χ3v) is 4.38. The molecule has 2 aromatic rings. The van der Waals surface area contributed by atoms with Crippen molar-refractivity contribution in [1.29, 1.82) is 0 Å². The zero-order valence-corrected chi connectivity index (χ0v) is 11.0. The Bertz CT molecular complexity index is 616. The Hall–Kier alpha value is -1.46. The molecule has 1 aliphatic rings. The molecule has 1 fully saturated rings. The zero-order valence-electron chi connectivity index (χ0n) is 10.2. The number of aromatic nitrogens is 1. The van der Waals surface area contributed by atoms with Crippen molar-refractivity contribution in [3.63, 3.8) is 0 Å². The van der Waals surface area contributed by atoms with E-state index in [0.29, 0.717) is 0 Å². The Kier molecular flexibility index (Phi) is 2.60. The van der Waals surface area contributed by atoms with E-state index in [-0.39, 0.29) is 5.91 Å². The van der Waals surface area contributed by atoms with E-state index in [9.17, 15) is 4.79 Å². The summed E-state index contributed by atoms with van der Waals surface area (Å²) in [7, 11) is 0. The molecular weight excluding hydrogens is 246 g/mol. The van der Waals surface area contributed by atoms with E-state index in [1.54, 1.807) is 11.3 Å². The normalized spacial score (nSPS) is 17.4. The molecule has 1 aromatic carbocycles. The van der Waals surface area contributed by atoms with Crippen LogP contribution >= 0.6 is 11.3 Å². The van der Waals surface area contributed by atoms with Gasteiger partial charge in [-0.05, 0) is 44.4 Å². The number of aryl methyl sites for hydroxylation is 1. The van der Waals surface area contributed by atoms with Crippen LogP contribution in [0.1, 0.15) is 24.3 Å². The third-order valence-electron chi connectivity index (χ3n) is 3.45. The van der Waals surface area contributed by atoms with Crippen LogP contribution in [-0.2, 0) is 4.79 Å². The van der Waals surface area contributed by atoms with Gasteiger partial charge in [0.2, 0.25) is 5.91 Å². The molecule has 1 saturated carbocycles. The van der Waals surface area contributed by atoms with Crippen molar-refractivity contribution in [1.82, 2.24) is 4.98 Å². The van der Waals surface area contributed by atoms with E-state index >= 15 is 0 Å². The Morgan fingerprint density at radius 2 is 2.28 bits per heavy atom. The van der Waals surface area contributed by atoms with Crippen molar-refractivity contribution in [3.8, 4) is 0 Å². The molecule has 0 radical (unpaired) electrons. The van der Waals surface area contributed by atoms with Crippen molar-refractivity contribution in [2.24, 2.45) is 5.73 Å².